The fourth-order valence-corrected chi connectivity index (χ4v) is 3.47. The molecule has 4 nitrogen and oxygen atoms in total. The molecule has 1 heterocycles. The molecule has 21 heavy (non-hydrogen) atoms. The van der Waals surface area contributed by atoms with Gasteiger partial charge in [-0.3, -0.25) is 16.0 Å². The molecule has 2 atom stereocenters. The van der Waals surface area contributed by atoms with Crippen LogP contribution in [0.25, 0.3) is 0 Å². The van der Waals surface area contributed by atoms with Gasteiger partial charge in [0.2, 0.25) is 0 Å². The molecule has 0 radical (unpaired) electrons. The van der Waals surface area contributed by atoms with Crippen LogP contribution in [0.15, 0.2) is 36.7 Å². The number of fused-ring (bicyclic) bond motifs is 1. The highest BCUT2D eigenvalue weighted by Crippen LogP contribution is 2.39. The molecular formula is C17H24N4. The van der Waals surface area contributed by atoms with Gasteiger partial charge in [-0.1, -0.05) is 31.2 Å². The molecule has 0 amide bonds. The van der Waals surface area contributed by atoms with Gasteiger partial charge in [-0.2, -0.15) is 5.10 Å². The van der Waals surface area contributed by atoms with Crippen molar-refractivity contribution in [3.05, 3.63) is 53.3 Å². The summed E-state index contributed by atoms with van der Waals surface area (Å²) in [7, 11) is 0. The number of nitrogens with one attached hydrogen (secondary N) is 1. The van der Waals surface area contributed by atoms with Crippen LogP contribution in [0.5, 0.6) is 0 Å². The van der Waals surface area contributed by atoms with Crippen LogP contribution in [-0.2, 0) is 13.0 Å². The van der Waals surface area contributed by atoms with Crippen molar-refractivity contribution in [3.8, 4) is 0 Å². The smallest absolute Gasteiger partial charge is 0.0559 e. The topological polar surface area (TPSA) is 55.9 Å². The third-order valence-corrected chi connectivity index (χ3v) is 4.46. The highest BCUT2D eigenvalue weighted by atomic mass is 15.3. The van der Waals surface area contributed by atoms with Crippen LogP contribution in [0.3, 0.4) is 0 Å². The molecule has 1 aromatic carbocycles. The first-order valence-electron chi connectivity index (χ1n) is 7.89. The Hall–Kier alpha value is -1.65. The lowest BCUT2D eigenvalue weighted by molar-refractivity contribution is 0.408. The Morgan fingerprint density at radius 3 is 3.10 bits per heavy atom. The van der Waals surface area contributed by atoms with Crippen LogP contribution in [0, 0.1) is 0 Å². The average molecular weight is 284 g/mol. The van der Waals surface area contributed by atoms with E-state index in [1.165, 1.54) is 36.0 Å². The molecule has 3 N–H and O–H groups in total. The SMILES string of the molecule is CCCn1cc(C(NN)C2CCCc3ccccc32)cn1. The Labute approximate surface area is 126 Å². The number of nitrogens with zero attached hydrogens (tertiary/aromatic N) is 2. The molecule has 0 saturated heterocycles. The largest absolute Gasteiger partial charge is 0.272 e. The summed E-state index contributed by atoms with van der Waals surface area (Å²) in [6.45, 7) is 3.12. The summed E-state index contributed by atoms with van der Waals surface area (Å²) >= 11 is 0. The van der Waals surface area contributed by atoms with Crippen LogP contribution in [0.2, 0.25) is 0 Å². The van der Waals surface area contributed by atoms with E-state index in [2.05, 4.69) is 47.9 Å². The predicted octanol–water partition coefficient (Wildman–Crippen LogP) is 2.92. The summed E-state index contributed by atoms with van der Waals surface area (Å²) in [5.41, 5.74) is 7.13. The molecule has 1 aliphatic rings. The molecule has 0 spiro atoms. The Bertz CT molecular complexity index is 590. The molecule has 4 heteroatoms. The first-order valence-corrected chi connectivity index (χ1v) is 7.89. The van der Waals surface area contributed by atoms with Crippen molar-refractivity contribution >= 4 is 0 Å². The van der Waals surface area contributed by atoms with Crippen LogP contribution < -0.4 is 11.3 Å². The minimum Gasteiger partial charge on any atom is -0.272 e. The van der Waals surface area contributed by atoms with Crippen molar-refractivity contribution in [2.75, 3.05) is 0 Å². The monoisotopic (exact) mass is 284 g/mol. The molecule has 1 aliphatic carbocycles. The van der Waals surface area contributed by atoms with Gasteiger partial charge in [0.25, 0.3) is 0 Å². The second kappa shape index (κ2) is 6.41. The molecule has 2 aromatic rings. The van der Waals surface area contributed by atoms with Gasteiger partial charge >= 0.3 is 0 Å². The van der Waals surface area contributed by atoms with Crippen molar-refractivity contribution in [2.45, 2.75) is 51.1 Å². The first-order chi connectivity index (χ1) is 10.3. The predicted molar refractivity (Wildman–Crippen MR) is 84.7 cm³/mol. The van der Waals surface area contributed by atoms with Crippen LogP contribution >= 0.6 is 0 Å². The minimum absolute atomic E-state index is 0.136. The average Bonchev–Trinajstić information content (AvgIpc) is 2.97. The summed E-state index contributed by atoms with van der Waals surface area (Å²) in [6, 6.07) is 8.89. The van der Waals surface area contributed by atoms with E-state index in [9.17, 15) is 0 Å². The summed E-state index contributed by atoms with van der Waals surface area (Å²) in [5, 5.41) is 4.45. The maximum absolute atomic E-state index is 5.89. The number of hydrazine groups is 1. The zero-order valence-electron chi connectivity index (χ0n) is 12.6. The minimum atomic E-state index is 0.136. The van der Waals surface area contributed by atoms with E-state index in [4.69, 9.17) is 5.84 Å². The van der Waals surface area contributed by atoms with Gasteiger partial charge in [-0.25, -0.2) is 0 Å². The van der Waals surface area contributed by atoms with Crippen LogP contribution in [0.1, 0.15) is 54.8 Å². The van der Waals surface area contributed by atoms with E-state index < -0.39 is 0 Å². The summed E-state index contributed by atoms with van der Waals surface area (Å²) in [4.78, 5) is 0. The van der Waals surface area contributed by atoms with Crippen LogP contribution in [0.4, 0.5) is 0 Å². The number of aromatic nitrogens is 2. The van der Waals surface area contributed by atoms with Gasteiger partial charge < -0.3 is 0 Å². The Balaban J connectivity index is 1.89. The standard InChI is InChI=1S/C17H24N4/c1-2-10-21-12-14(11-19-21)17(20-18)16-9-5-7-13-6-3-4-8-15(13)16/h3-4,6,8,11-12,16-17,20H,2,5,7,9-10,18H2,1H3. The van der Waals surface area contributed by atoms with E-state index in [0.717, 1.165) is 13.0 Å². The molecule has 0 bridgehead atoms. The molecule has 0 aliphatic heterocycles. The maximum Gasteiger partial charge on any atom is 0.0559 e. The molecule has 0 saturated carbocycles. The van der Waals surface area contributed by atoms with E-state index in [1.807, 2.05) is 10.9 Å². The van der Waals surface area contributed by atoms with Crippen LogP contribution in [-0.4, -0.2) is 9.78 Å². The Morgan fingerprint density at radius 1 is 1.43 bits per heavy atom. The van der Waals surface area contributed by atoms with Crippen molar-refractivity contribution in [3.63, 3.8) is 0 Å². The quantitative estimate of drug-likeness (QED) is 0.655. The fourth-order valence-electron chi connectivity index (χ4n) is 3.47. The van der Waals surface area contributed by atoms with Crippen molar-refractivity contribution < 1.29 is 0 Å². The molecule has 112 valence electrons. The van der Waals surface area contributed by atoms with Gasteiger partial charge in [0.15, 0.2) is 0 Å². The fraction of sp³-hybridized carbons (Fsp3) is 0.471. The second-order valence-electron chi connectivity index (χ2n) is 5.88. The van der Waals surface area contributed by atoms with Gasteiger partial charge in [0.1, 0.15) is 0 Å². The van der Waals surface area contributed by atoms with Crippen molar-refractivity contribution in [2.24, 2.45) is 5.84 Å². The third kappa shape index (κ3) is 2.87. The molecular weight excluding hydrogens is 260 g/mol. The summed E-state index contributed by atoms with van der Waals surface area (Å²) < 4.78 is 2.01. The number of hydrogen-bond donors (Lipinski definition) is 2. The molecule has 2 unspecified atom stereocenters. The second-order valence-corrected chi connectivity index (χ2v) is 5.88. The zero-order chi connectivity index (χ0) is 14.7. The van der Waals surface area contributed by atoms with E-state index in [0.29, 0.717) is 5.92 Å². The summed E-state index contributed by atoms with van der Waals surface area (Å²) in [6.07, 6.45) is 8.75. The lowest BCUT2D eigenvalue weighted by atomic mass is 9.77. The van der Waals surface area contributed by atoms with Gasteiger partial charge in [0, 0.05) is 24.2 Å². The van der Waals surface area contributed by atoms with Gasteiger partial charge in [-0.15, -0.1) is 0 Å². The number of benzene rings is 1. The molecule has 0 fully saturated rings. The number of aryl methyl sites for hydroxylation is 2. The normalized spacial score (nSPS) is 19.2. The number of nitrogens with two attached hydrogens (primary N) is 1. The lowest BCUT2D eigenvalue weighted by Crippen LogP contribution is -2.33. The number of hydrogen-bond acceptors (Lipinski definition) is 3. The van der Waals surface area contributed by atoms with Gasteiger partial charge in [-0.05, 0) is 36.8 Å². The third-order valence-electron chi connectivity index (χ3n) is 4.46. The van der Waals surface area contributed by atoms with E-state index >= 15 is 0 Å². The van der Waals surface area contributed by atoms with E-state index in [-0.39, 0.29) is 6.04 Å². The molecule has 3 rings (SSSR count). The van der Waals surface area contributed by atoms with E-state index in [1.54, 1.807) is 0 Å². The number of rotatable bonds is 5. The Kier molecular flexibility index (Phi) is 4.36. The van der Waals surface area contributed by atoms with Crippen molar-refractivity contribution in [1.82, 2.24) is 15.2 Å². The zero-order valence-corrected chi connectivity index (χ0v) is 12.6. The Morgan fingerprint density at radius 2 is 2.29 bits per heavy atom. The van der Waals surface area contributed by atoms with Crippen molar-refractivity contribution in [1.29, 1.82) is 0 Å². The first kappa shape index (κ1) is 14.3. The lowest BCUT2D eigenvalue weighted by Gasteiger charge is -2.31. The highest BCUT2D eigenvalue weighted by Gasteiger charge is 2.28. The van der Waals surface area contributed by atoms with Gasteiger partial charge in [0.05, 0.1) is 12.2 Å². The molecule has 1 aromatic heterocycles. The summed E-state index contributed by atoms with van der Waals surface area (Å²) in [5.74, 6) is 6.32. The maximum atomic E-state index is 5.89. The highest BCUT2D eigenvalue weighted by molar-refractivity contribution is 5.35.